The van der Waals surface area contributed by atoms with Gasteiger partial charge in [0.15, 0.2) is 5.78 Å². The normalized spacial score (nSPS) is 39.8. The van der Waals surface area contributed by atoms with Crippen molar-refractivity contribution in [2.75, 3.05) is 35.0 Å². The Morgan fingerprint density at radius 2 is 1.55 bits per heavy atom. The number of esters is 1. The second kappa shape index (κ2) is 26.1. The molecule has 0 aromatic carbocycles. The average Bonchev–Trinajstić information content (AvgIpc) is 3.30. The molecule has 14 heteroatoms. The zero-order valence-electron chi connectivity index (χ0n) is 41.8. The van der Waals surface area contributed by atoms with Crippen LogP contribution in [0.2, 0.25) is 0 Å². The number of ketones is 2. The number of ether oxygens (including phenoxy) is 6. The number of allylic oxidation sites excluding steroid dienone is 5. The van der Waals surface area contributed by atoms with Gasteiger partial charge >= 0.3 is 5.97 Å². The molecule has 4 N–H and O–H groups in total. The Morgan fingerprint density at radius 3 is 2.21 bits per heavy atom. The van der Waals surface area contributed by atoms with Gasteiger partial charge in [-0.2, -0.15) is 0 Å². The van der Waals surface area contributed by atoms with Gasteiger partial charge in [-0.25, -0.2) is 4.79 Å². The molecule has 3 aliphatic heterocycles. The lowest BCUT2D eigenvalue weighted by Gasteiger charge is -2.43. The van der Waals surface area contributed by atoms with Gasteiger partial charge in [0.05, 0.1) is 24.4 Å². The van der Waals surface area contributed by atoms with Crippen molar-refractivity contribution in [2.45, 2.75) is 186 Å². The van der Waals surface area contributed by atoms with Crippen LogP contribution in [0.3, 0.4) is 0 Å². The third-order valence-electron chi connectivity index (χ3n) is 15.0. The Hall–Kier alpha value is -3.08. The molecule has 374 valence electrons. The number of piperidine rings is 1. The van der Waals surface area contributed by atoms with Crippen molar-refractivity contribution < 1.29 is 57.8 Å². The summed E-state index contributed by atoms with van der Waals surface area (Å²) in [4.78, 5) is 58.2. The minimum absolute atomic E-state index is 0.0505. The van der Waals surface area contributed by atoms with Crippen LogP contribution in [-0.2, 0) is 47.6 Å². The van der Waals surface area contributed by atoms with E-state index in [0.717, 1.165) is 31.3 Å². The standard InChI is InChI=1S/C52H84N2O12/c1-31-17-13-12-14-18-32(2)42(61-8)29-39-22-20-37(7)52(60,66-39)49(57)50(58)54-24-16-15-19-41(54)51(59)65-44(34(4)27-38-21-23-40(53)45(28-38)63-10)30-43(62-9)33(3)26-36(6)47(56)48(64-11)46(55)35(5)25-31/h12-14,17-18,26,31,33-35,37-45,47-48,56,60H,15-16,19-25,27-30,53H2,1-11H3/b14-12?,17-13+,32-18?,36-26+/t31-,33-,34-,35-,37-,38+,39+,40+,41+,42+,43-,44+,45-,47-,48+,52-/m1/s1. The molecule has 14 nitrogen and oxygen atoms in total. The van der Waals surface area contributed by atoms with Crippen LogP contribution in [0.15, 0.2) is 47.6 Å². The van der Waals surface area contributed by atoms with Crippen LogP contribution in [0.4, 0.5) is 0 Å². The van der Waals surface area contributed by atoms with Gasteiger partial charge in [0.2, 0.25) is 5.79 Å². The van der Waals surface area contributed by atoms with E-state index in [2.05, 4.69) is 6.92 Å². The maximum atomic E-state index is 14.5. The molecule has 1 aliphatic carbocycles. The zero-order valence-corrected chi connectivity index (χ0v) is 41.8. The molecule has 4 rings (SSSR count). The monoisotopic (exact) mass is 929 g/mol. The molecule has 2 bridgehead atoms. The molecular weight excluding hydrogens is 845 g/mol. The van der Waals surface area contributed by atoms with Gasteiger partial charge in [0.1, 0.15) is 24.4 Å². The molecule has 0 spiro atoms. The number of rotatable bonds is 7. The Balaban J connectivity index is 1.72. The summed E-state index contributed by atoms with van der Waals surface area (Å²) in [5.74, 6) is -6.47. The second-order valence-corrected chi connectivity index (χ2v) is 20.1. The number of carbonyl (C=O) groups is 4. The van der Waals surface area contributed by atoms with E-state index in [1.165, 1.54) is 12.0 Å². The molecule has 1 amide bonds. The van der Waals surface area contributed by atoms with Gasteiger partial charge in [-0.1, -0.05) is 71.1 Å². The molecule has 0 aromatic heterocycles. The zero-order chi connectivity index (χ0) is 48.9. The summed E-state index contributed by atoms with van der Waals surface area (Å²) in [7, 11) is 6.30. The van der Waals surface area contributed by atoms with Crippen LogP contribution in [0.1, 0.15) is 126 Å². The fourth-order valence-corrected chi connectivity index (χ4v) is 10.6. The number of nitrogens with zero attached hydrogens (tertiary/aromatic N) is 1. The highest BCUT2D eigenvalue weighted by Gasteiger charge is 2.53. The molecule has 4 aliphatic rings. The lowest BCUT2D eigenvalue weighted by molar-refractivity contribution is -0.265. The minimum Gasteiger partial charge on any atom is -0.460 e. The van der Waals surface area contributed by atoms with Crippen LogP contribution in [-0.4, -0.2) is 134 Å². The van der Waals surface area contributed by atoms with E-state index in [9.17, 15) is 29.4 Å². The summed E-state index contributed by atoms with van der Waals surface area (Å²) < 4.78 is 36.0. The van der Waals surface area contributed by atoms with Crippen molar-refractivity contribution in [1.82, 2.24) is 4.90 Å². The van der Waals surface area contributed by atoms with Crippen molar-refractivity contribution in [1.29, 1.82) is 0 Å². The van der Waals surface area contributed by atoms with Gasteiger partial charge in [-0.15, -0.1) is 0 Å². The highest BCUT2D eigenvalue weighted by atomic mass is 16.6. The SMILES string of the molecule is CO[C@H]1C[C@@H]2CC[C@@H](C)[C@@](O)(O2)C(=O)C(=O)N2CCCC[C@H]2C(=O)O[C@H]([C@H](C)C[C@@H]2CC[C@H](N)[C@H](OC)C2)C[C@@H](OC)[C@H](C)/C=C(\C)[C@@H](O)[C@@H](OC)C(=O)[C@H](C)C[C@H](C)/C=C/C=CC=C1C. The number of amides is 1. The largest absolute Gasteiger partial charge is 0.460 e. The number of hydrogen-bond acceptors (Lipinski definition) is 13. The fraction of sp³-hybridized carbons (Fsp3) is 0.769. The number of aliphatic hydroxyl groups is 2. The molecule has 2 saturated heterocycles. The van der Waals surface area contributed by atoms with E-state index >= 15 is 0 Å². The fourth-order valence-electron chi connectivity index (χ4n) is 10.6. The summed E-state index contributed by atoms with van der Waals surface area (Å²) in [6.07, 6.45) is 14.0. The topological polar surface area (TPSA) is 193 Å². The van der Waals surface area contributed by atoms with Crippen LogP contribution < -0.4 is 5.73 Å². The molecular formula is C52H84N2O12. The Bertz CT molecular complexity index is 1730. The number of methoxy groups -OCH3 is 4. The Morgan fingerprint density at radius 1 is 0.833 bits per heavy atom. The summed E-state index contributed by atoms with van der Waals surface area (Å²) >= 11 is 0. The van der Waals surface area contributed by atoms with Gasteiger partial charge < -0.3 is 49.3 Å². The minimum atomic E-state index is -2.39. The first-order chi connectivity index (χ1) is 31.3. The number of nitrogens with two attached hydrogens (primary N) is 1. The predicted octanol–water partition coefficient (Wildman–Crippen LogP) is 6.59. The number of Topliss-reactive ketones (excluding diaryl/α,β-unsaturated/α-hetero) is 2. The van der Waals surface area contributed by atoms with E-state index in [0.29, 0.717) is 50.5 Å². The summed E-state index contributed by atoms with van der Waals surface area (Å²) in [6, 6.07) is -1.10. The van der Waals surface area contributed by atoms with Crippen LogP contribution in [0.25, 0.3) is 0 Å². The third-order valence-corrected chi connectivity index (χ3v) is 15.0. The Kier molecular flexibility index (Phi) is 21.9. The molecule has 3 fully saturated rings. The van der Waals surface area contributed by atoms with Crippen molar-refractivity contribution in [3.8, 4) is 0 Å². The molecule has 3 heterocycles. The quantitative estimate of drug-likeness (QED) is 0.141. The van der Waals surface area contributed by atoms with Crippen molar-refractivity contribution in [2.24, 2.45) is 41.2 Å². The number of hydrogen-bond donors (Lipinski definition) is 3. The maximum absolute atomic E-state index is 14.5. The number of fused-ring (bicyclic) bond motifs is 3. The van der Waals surface area contributed by atoms with Crippen LogP contribution in [0.5, 0.6) is 0 Å². The first-order valence-corrected chi connectivity index (χ1v) is 24.5. The first kappa shape index (κ1) is 55.5. The lowest BCUT2D eigenvalue weighted by Crippen LogP contribution is -2.61. The van der Waals surface area contributed by atoms with Crippen molar-refractivity contribution in [3.63, 3.8) is 0 Å². The first-order valence-electron chi connectivity index (χ1n) is 24.5. The van der Waals surface area contributed by atoms with Gasteiger partial charge in [-0.3, -0.25) is 14.4 Å². The average molecular weight is 929 g/mol. The van der Waals surface area contributed by atoms with Crippen molar-refractivity contribution >= 4 is 23.4 Å². The van der Waals surface area contributed by atoms with Gasteiger partial charge in [0, 0.05) is 71.6 Å². The summed E-state index contributed by atoms with van der Waals surface area (Å²) in [5, 5.41) is 23.6. The van der Waals surface area contributed by atoms with E-state index in [1.54, 1.807) is 35.2 Å². The maximum Gasteiger partial charge on any atom is 0.329 e. The van der Waals surface area contributed by atoms with Crippen molar-refractivity contribution in [3.05, 3.63) is 47.6 Å². The highest BCUT2D eigenvalue weighted by molar-refractivity contribution is 6.39. The summed E-state index contributed by atoms with van der Waals surface area (Å²) in [6.45, 7) is 13.5. The molecule has 0 unspecified atom stereocenters. The lowest BCUT2D eigenvalue weighted by atomic mass is 9.77. The highest BCUT2D eigenvalue weighted by Crippen LogP contribution is 2.38. The van der Waals surface area contributed by atoms with E-state index in [4.69, 9.17) is 34.2 Å². The smallest absolute Gasteiger partial charge is 0.329 e. The van der Waals surface area contributed by atoms with E-state index in [1.807, 2.05) is 64.2 Å². The molecule has 0 radical (unpaired) electrons. The van der Waals surface area contributed by atoms with Crippen LogP contribution >= 0.6 is 0 Å². The van der Waals surface area contributed by atoms with Gasteiger partial charge in [-0.05, 0) is 107 Å². The predicted molar refractivity (Wildman–Crippen MR) is 253 cm³/mol. The van der Waals surface area contributed by atoms with Crippen LogP contribution in [0, 0.1) is 35.5 Å². The molecule has 1 saturated carbocycles. The third kappa shape index (κ3) is 14.5. The number of cyclic esters (lactones) is 1. The Labute approximate surface area is 395 Å². The number of carbonyl (C=O) groups excluding carboxylic acids is 4. The molecule has 16 atom stereocenters. The van der Waals surface area contributed by atoms with E-state index in [-0.39, 0.29) is 54.6 Å². The molecule has 0 aromatic rings. The number of aliphatic hydroxyl groups excluding tert-OH is 1. The molecule has 66 heavy (non-hydrogen) atoms. The van der Waals surface area contributed by atoms with Gasteiger partial charge in [0.25, 0.3) is 11.7 Å². The second-order valence-electron chi connectivity index (χ2n) is 20.1. The summed E-state index contributed by atoms with van der Waals surface area (Å²) in [5.41, 5.74) is 7.83. The van der Waals surface area contributed by atoms with E-state index < -0.39 is 77.9 Å².